The number of aromatic carboxylic acids is 1. The highest BCUT2D eigenvalue weighted by atomic mass is 127. The van der Waals surface area contributed by atoms with Crippen LogP contribution in [0, 0.1) is 10.5 Å². The zero-order valence-corrected chi connectivity index (χ0v) is 13.1. The van der Waals surface area contributed by atoms with Gasteiger partial charge >= 0.3 is 5.97 Å². The average Bonchev–Trinajstić information content (AvgIpc) is 2.77. The van der Waals surface area contributed by atoms with E-state index in [0.29, 0.717) is 5.69 Å². The third-order valence-electron chi connectivity index (χ3n) is 3.19. The van der Waals surface area contributed by atoms with Gasteiger partial charge in [0.25, 0.3) is 0 Å². The fourth-order valence-electron chi connectivity index (χ4n) is 2.24. The van der Waals surface area contributed by atoms with Crippen molar-refractivity contribution in [1.29, 1.82) is 0 Å². The van der Waals surface area contributed by atoms with Crippen LogP contribution >= 0.6 is 22.6 Å². The molecule has 2 rings (SSSR count). The van der Waals surface area contributed by atoms with Crippen LogP contribution in [-0.4, -0.2) is 15.6 Å². The minimum absolute atomic E-state index is 0.357. The van der Waals surface area contributed by atoms with Crippen LogP contribution in [0.4, 0.5) is 0 Å². The minimum Gasteiger partial charge on any atom is -0.477 e. The molecular formula is C15H16INO2. The molecule has 0 fully saturated rings. The van der Waals surface area contributed by atoms with Crippen molar-refractivity contribution in [2.75, 3.05) is 0 Å². The normalized spacial score (nSPS) is 10.7. The van der Waals surface area contributed by atoms with Gasteiger partial charge in [0.05, 0.1) is 0 Å². The van der Waals surface area contributed by atoms with Crippen LogP contribution in [-0.2, 0) is 6.54 Å². The molecule has 0 unspecified atom stereocenters. The van der Waals surface area contributed by atoms with Gasteiger partial charge in [0, 0.05) is 21.4 Å². The van der Waals surface area contributed by atoms with Crippen LogP contribution in [0.15, 0.2) is 30.3 Å². The van der Waals surface area contributed by atoms with E-state index in [9.17, 15) is 9.90 Å². The second-order valence-electron chi connectivity index (χ2n) is 4.47. The maximum Gasteiger partial charge on any atom is 0.352 e. The van der Waals surface area contributed by atoms with Gasteiger partial charge in [-0.1, -0.05) is 19.1 Å². The smallest absolute Gasteiger partial charge is 0.352 e. The van der Waals surface area contributed by atoms with Crippen molar-refractivity contribution in [2.24, 2.45) is 0 Å². The van der Waals surface area contributed by atoms with Crippen molar-refractivity contribution in [2.45, 2.75) is 26.8 Å². The van der Waals surface area contributed by atoms with Gasteiger partial charge in [-0.15, -0.1) is 0 Å². The lowest BCUT2D eigenvalue weighted by molar-refractivity contribution is 0.0685. The van der Waals surface area contributed by atoms with E-state index in [-0.39, 0.29) is 0 Å². The van der Waals surface area contributed by atoms with Gasteiger partial charge in [-0.25, -0.2) is 4.79 Å². The summed E-state index contributed by atoms with van der Waals surface area (Å²) in [6.07, 6.45) is 0.908. The fourth-order valence-corrected chi connectivity index (χ4v) is 2.74. The Morgan fingerprint density at radius 2 is 2.05 bits per heavy atom. The number of aromatic nitrogens is 1. The first-order chi connectivity index (χ1) is 9.06. The van der Waals surface area contributed by atoms with Crippen LogP contribution < -0.4 is 0 Å². The fraction of sp³-hybridized carbons (Fsp3) is 0.267. The van der Waals surface area contributed by atoms with E-state index in [1.807, 2.05) is 22.8 Å². The Bertz CT molecular complexity index is 617. The summed E-state index contributed by atoms with van der Waals surface area (Å²) in [4.78, 5) is 11.3. The Hall–Kier alpha value is -1.30. The number of carboxylic acids is 1. The maximum atomic E-state index is 11.3. The first-order valence-corrected chi connectivity index (χ1v) is 7.32. The first-order valence-electron chi connectivity index (χ1n) is 6.24. The molecule has 0 aliphatic carbocycles. The van der Waals surface area contributed by atoms with Crippen LogP contribution in [0.5, 0.6) is 0 Å². The van der Waals surface area contributed by atoms with Crippen LogP contribution in [0.2, 0.25) is 0 Å². The van der Waals surface area contributed by atoms with Crippen molar-refractivity contribution in [1.82, 2.24) is 4.57 Å². The monoisotopic (exact) mass is 369 g/mol. The predicted molar refractivity (Wildman–Crippen MR) is 84.6 cm³/mol. The molecule has 0 bridgehead atoms. The minimum atomic E-state index is -0.872. The van der Waals surface area contributed by atoms with E-state index in [1.165, 1.54) is 9.13 Å². The van der Waals surface area contributed by atoms with Gasteiger partial charge in [0.1, 0.15) is 5.69 Å². The van der Waals surface area contributed by atoms with Gasteiger partial charge in [0.2, 0.25) is 0 Å². The number of hydrogen-bond donors (Lipinski definition) is 1. The van der Waals surface area contributed by atoms with E-state index < -0.39 is 5.97 Å². The highest BCUT2D eigenvalue weighted by Gasteiger charge is 2.16. The number of benzene rings is 1. The molecule has 1 heterocycles. The zero-order chi connectivity index (χ0) is 14.0. The Labute approximate surface area is 126 Å². The second-order valence-corrected chi connectivity index (χ2v) is 5.64. The zero-order valence-electron chi connectivity index (χ0n) is 11.0. The van der Waals surface area contributed by atoms with Crippen molar-refractivity contribution in [3.8, 4) is 11.3 Å². The van der Waals surface area contributed by atoms with E-state index in [0.717, 1.165) is 24.2 Å². The predicted octanol–water partition coefficient (Wildman–Crippen LogP) is 4.18. The summed E-state index contributed by atoms with van der Waals surface area (Å²) < 4.78 is 3.08. The number of carbonyl (C=O) groups is 1. The summed E-state index contributed by atoms with van der Waals surface area (Å²) in [5.41, 5.74) is 3.63. The maximum absolute atomic E-state index is 11.3. The summed E-state index contributed by atoms with van der Waals surface area (Å²) >= 11 is 2.30. The lowest BCUT2D eigenvalue weighted by Crippen LogP contribution is -2.09. The molecule has 0 aliphatic heterocycles. The molecule has 100 valence electrons. The molecular weight excluding hydrogens is 353 g/mol. The summed E-state index contributed by atoms with van der Waals surface area (Å²) in [5, 5.41) is 9.25. The molecule has 1 aromatic heterocycles. The van der Waals surface area contributed by atoms with Gasteiger partial charge < -0.3 is 9.67 Å². The highest BCUT2D eigenvalue weighted by molar-refractivity contribution is 14.1. The molecule has 3 nitrogen and oxygen atoms in total. The van der Waals surface area contributed by atoms with Crippen molar-refractivity contribution in [3.63, 3.8) is 0 Å². The molecule has 0 saturated carbocycles. The van der Waals surface area contributed by atoms with Gasteiger partial charge in [-0.2, -0.15) is 0 Å². The summed E-state index contributed by atoms with van der Waals surface area (Å²) in [6.45, 7) is 4.84. The van der Waals surface area contributed by atoms with Gasteiger partial charge in [-0.3, -0.25) is 0 Å². The largest absolute Gasteiger partial charge is 0.477 e. The number of hydrogen-bond acceptors (Lipinski definition) is 1. The topological polar surface area (TPSA) is 42.2 Å². The van der Waals surface area contributed by atoms with Crippen LogP contribution in [0.25, 0.3) is 11.3 Å². The molecule has 0 amide bonds. The summed E-state index contributed by atoms with van der Waals surface area (Å²) in [6, 6.07) is 9.70. The second kappa shape index (κ2) is 5.77. The number of carboxylic acid groups (broad SMARTS) is 1. The van der Waals surface area contributed by atoms with Crippen LogP contribution in [0.1, 0.15) is 29.4 Å². The molecule has 1 aromatic carbocycles. The van der Waals surface area contributed by atoms with E-state index in [2.05, 4.69) is 42.5 Å². The van der Waals surface area contributed by atoms with E-state index >= 15 is 0 Å². The van der Waals surface area contributed by atoms with Gasteiger partial charge in [0.15, 0.2) is 0 Å². The third-order valence-corrected chi connectivity index (χ3v) is 4.36. The first kappa shape index (κ1) is 14.1. The van der Waals surface area contributed by atoms with Gasteiger partial charge in [-0.05, 0) is 59.7 Å². The van der Waals surface area contributed by atoms with E-state index in [4.69, 9.17) is 0 Å². The Morgan fingerprint density at radius 3 is 2.68 bits per heavy atom. The number of rotatable bonds is 4. The molecule has 0 atom stereocenters. The van der Waals surface area contributed by atoms with Crippen molar-refractivity contribution >= 4 is 28.6 Å². The molecule has 4 heteroatoms. The summed E-state index contributed by atoms with van der Waals surface area (Å²) in [7, 11) is 0. The summed E-state index contributed by atoms with van der Waals surface area (Å²) in [5.74, 6) is -0.872. The molecule has 0 radical (unpaired) electrons. The molecule has 0 saturated heterocycles. The quantitative estimate of drug-likeness (QED) is 0.822. The van der Waals surface area contributed by atoms with E-state index in [1.54, 1.807) is 6.07 Å². The lowest BCUT2D eigenvalue weighted by atomic mass is 10.1. The molecule has 0 spiro atoms. The van der Waals surface area contributed by atoms with Crippen molar-refractivity contribution < 1.29 is 9.90 Å². The third kappa shape index (κ3) is 2.68. The number of nitrogens with zero attached hydrogens (tertiary/aromatic N) is 1. The Balaban J connectivity index is 2.62. The Kier molecular flexibility index (Phi) is 4.29. The molecule has 2 aromatic rings. The molecule has 1 N–H and O–H groups in total. The average molecular weight is 369 g/mol. The molecule has 19 heavy (non-hydrogen) atoms. The standard InChI is InChI=1S/C15H16INO2/c1-3-9-17-13(7-8-14(17)15(18)19)11-5-4-6-12(16)10(11)2/h4-8H,3,9H2,1-2H3,(H,18,19). The lowest BCUT2D eigenvalue weighted by Gasteiger charge is -2.13. The highest BCUT2D eigenvalue weighted by Crippen LogP contribution is 2.28. The molecule has 0 aliphatic rings. The number of halogens is 1. The van der Waals surface area contributed by atoms with Crippen LogP contribution in [0.3, 0.4) is 0 Å². The Morgan fingerprint density at radius 1 is 1.32 bits per heavy atom. The SMILES string of the molecule is CCCn1c(C(=O)O)ccc1-c1cccc(I)c1C. The van der Waals surface area contributed by atoms with Crippen molar-refractivity contribution in [3.05, 3.63) is 45.2 Å².